The third-order valence-electron chi connectivity index (χ3n) is 5.68. The fourth-order valence-corrected chi connectivity index (χ4v) is 3.29. The van der Waals surface area contributed by atoms with Gasteiger partial charge in [0.15, 0.2) is 0 Å². The summed E-state index contributed by atoms with van der Waals surface area (Å²) in [5, 5.41) is 39.0. The van der Waals surface area contributed by atoms with Crippen molar-refractivity contribution in [2.24, 2.45) is 0 Å². The van der Waals surface area contributed by atoms with E-state index in [0.717, 1.165) is 5.52 Å². The van der Waals surface area contributed by atoms with Crippen LogP contribution in [0.25, 0.3) is 16.9 Å². The van der Waals surface area contributed by atoms with Gasteiger partial charge in [-0.3, -0.25) is 9.78 Å². The molecular formula is C23H25FN6O3. The summed E-state index contributed by atoms with van der Waals surface area (Å²) >= 11 is 0. The smallest absolute Gasteiger partial charge is 0.255 e. The van der Waals surface area contributed by atoms with E-state index in [-0.39, 0.29) is 18.7 Å². The van der Waals surface area contributed by atoms with E-state index in [1.54, 1.807) is 22.7 Å². The Hall–Kier alpha value is -3.55. The summed E-state index contributed by atoms with van der Waals surface area (Å²) in [5.41, 5.74) is 0.555. The molecule has 3 aromatic heterocycles. The third kappa shape index (κ3) is 4.94. The number of carbonyl (C=O) groups excluding carboxylic acids is 1. The topological polar surface area (TPSA) is 136 Å². The number of aliphatic hydroxyl groups is 2. The maximum absolute atomic E-state index is 14.1. The molecule has 4 rings (SSSR count). The highest BCUT2D eigenvalue weighted by molar-refractivity contribution is 6.00. The Bertz CT molecular complexity index is 1240. The summed E-state index contributed by atoms with van der Waals surface area (Å²) in [6.45, 7) is 2.56. The number of halogens is 1. The molecule has 1 unspecified atom stereocenters. The molecule has 1 atom stereocenters. The summed E-state index contributed by atoms with van der Waals surface area (Å²) in [6, 6.07) is 9.04. The van der Waals surface area contributed by atoms with Crippen molar-refractivity contribution in [1.29, 1.82) is 5.26 Å². The van der Waals surface area contributed by atoms with Crippen molar-refractivity contribution in [2.45, 2.75) is 44.1 Å². The first-order valence-electron chi connectivity index (χ1n) is 10.6. The van der Waals surface area contributed by atoms with Gasteiger partial charge < -0.3 is 20.8 Å². The highest BCUT2D eigenvalue weighted by Gasteiger charge is 2.40. The van der Waals surface area contributed by atoms with Crippen LogP contribution in [0.3, 0.4) is 0 Å². The van der Waals surface area contributed by atoms with Crippen LogP contribution in [0, 0.1) is 11.3 Å². The Morgan fingerprint density at radius 2 is 2.12 bits per heavy atom. The van der Waals surface area contributed by atoms with Crippen LogP contribution in [-0.2, 0) is 0 Å². The molecule has 1 amide bonds. The molecule has 0 bridgehead atoms. The van der Waals surface area contributed by atoms with E-state index in [1.165, 1.54) is 26.2 Å². The average molecular weight is 452 g/mol. The number of anilines is 1. The van der Waals surface area contributed by atoms with Gasteiger partial charge in [-0.05, 0) is 51.0 Å². The lowest BCUT2D eigenvalue weighted by Crippen LogP contribution is -2.42. The maximum atomic E-state index is 14.1. The molecule has 1 fully saturated rings. The quantitative estimate of drug-likeness (QED) is 0.411. The molecule has 4 N–H and O–H groups in total. The molecular weight excluding hydrogens is 427 g/mol. The zero-order valence-electron chi connectivity index (χ0n) is 18.3. The lowest BCUT2D eigenvalue weighted by atomic mass is 10.0. The molecule has 1 aliphatic rings. The number of nitrogens with one attached hydrogen (secondary N) is 2. The molecule has 172 valence electrons. The molecule has 0 spiro atoms. The monoisotopic (exact) mass is 452 g/mol. The molecule has 3 heterocycles. The van der Waals surface area contributed by atoms with Gasteiger partial charge in [-0.2, -0.15) is 10.4 Å². The van der Waals surface area contributed by atoms with Gasteiger partial charge in [0.25, 0.3) is 5.91 Å². The van der Waals surface area contributed by atoms with Crippen LogP contribution in [0.1, 0.15) is 42.6 Å². The van der Waals surface area contributed by atoms with Crippen LogP contribution >= 0.6 is 0 Å². The summed E-state index contributed by atoms with van der Waals surface area (Å²) < 4.78 is 15.7. The Morgan fingerprint density at radius 1 is 1.36 bits per heavy atom. The first kappa shape index (κ1) is 22.6. The van der Waals surface area contributed by atoms with Gasteiger partial charge >= 0.3 is 0 Å². The molecule has 0 aromatic carbocycles. The first-order chi connectivity index (χ1) is 15.6. The van der Waals surface area contributed by atoms with Crippen LogP contribution in [-0.4, -0.2) is 61.2 Å². The number of aromatic nitrogens is 3. The van der Waals surface area contributed by atoms with Crippen LogP contribution in [0.4, 0.5) is 10.1 Å². The van der Waals surface area contributed by atoms with Gasteiger partial charge in [-0.15, -0.1) is 0 Å². The molecule has 1 aliphatic carbocycles. The summed E-state index contributed by atoms with van der Waals surface area (Å²) in [6.07, 6.45) is 2.53. The summed E-state index contributed by atoms with van der Waals surface area (Å²) in [5.74, 6) is -0.553. The lowest BCUT2D eigenvalue weighted by molar-refractivity contribution is -0.00177. The van der Waals surface area contributed by atoms with E-state index in [0.29, 0.717) is 35.5 Å². The average Bonchev–Trinajstić information content (AvgIpc) is 3.38. The number of rotatable bonds is 8. The second kappa shape index (κ2) is 8.42. The van der Waals surface area contributed by atoms with Crippen LogP contribution in [0.2, 0.25) is 0 Å². The Labute approximate surface area is 189 Å². The van der Waals surface area contributed by atoms with Crippen molar-refractivity contribution >= 4 is 17.1 Å². The molecule has 0 radical (unpaired) electrons. The highest BCUT2D eigenvalue weighted by Crippen LogP contribution is 2.35. The number of fused-ring (bicyclic) bond motifs is 1. The minimum Gasteiger partial charge on any atom is -0.388 e. The van der Waals surface area contributed by atoms with Gasteiger partial charge in [0, 0.05) is 12.7 Å². The van der Waals surface area contributed by atoms with E-state index >= 15 is 0 Å². The minimum atomic E-state index is -1.64. The maximum Gasteiger partial charge on any atom is 0.255 e. The number of alkyl halides is 1. The van der Waals surface area contributed by atoms with Gasteiger partial charge in [0.1, 0.15) is 12.2 Å². The fourth-order valence-electron chi connectivity index (χ4n) is 3.29. The summed E-state index contributed by atoms with van der Waals surface area (Å²) in [7, 11) is 0. The predicted molar refractivity (Wildman–Crippen MR) is 119 cm³/mol. The molecule has 10 heteroatoms. The van der Waals surface area contributed by atoms with Crippen LogP contribution < -0.4 is 10.6 Å². The van der Waals surface area contributed by atoms with Crippen molar-refractivity contribution in [1.82, 2.24) is 19.9 Å². The normalized spacial score (nSPS) is 15.6. The van der Waals surface area contributed by atoms with Crippen molar-refractivity contribution < 1.29 is 19.4 Å². The number of carbonyl (C=O) groups is 1. The van der Waals surface area contributed by atoms with E-state index < -0.39 is 23.3 Å². The van der Waals surface area contributed by atoms with Crippen molar-refractivity contribution in [3.05, 3.63) is 47.8 Å². The molecule has 1 saturated carbocycles. The standard InChI is InChI=1S/C23H25FN6O3/c1-22(2,32)20(24)12-27-21(31)16-11-26-18(8-17(16)28-13-23(33)5-6-23)19-4-3-15-7-14(9-25)10-29-30(15)19/h3-4,7-8,10-11,20,32-33H,5-6,12-13H2,1-2H3,(H,26,28)(H,27,31). The number of nitrogens with zero attached hydrogens (tertiary/aromatic N) is 4. The number of hydrogen-bond acceptors (Lipinski definition) is 7. The van der Waals surface area contributed by atoms with Crippen molar-refractivity contribution in [3.8, 4) is 17.5 Å². The van der Waals surface area contributed by atoms with Crippen molar-refractivity contribution in [2.75, 3.05) is 18.4 Å². The zero-order chi connectivity index (χ0) is 23.8. The lowest BCUT2D eigenvalue weighted by Gasteiger charge is -2.22. The fraction of sp³-hybridized carbons (Fsp3) is 0.391. The predicted octanol–water partition coefficient (Wildman–Crippen LogP) is 2.04. The van der Waals surface area contributed by atoms with Gasteiger partial charge in [-0.25, -0.2) is 8.91 Å². The Kier molecular flexibility index (Phi) is 5.78. The third-order valence-corrected chi connectivity index (χ3v) is 5.68. The van der Waals surface area contributed by atoms with Gasteiger partial charge in [0.2, 0.25) is 0 Å². The second-order valence-corrected chi connectivity index (χ2v) is 8.94. The van der Waals surface area contributed by atoms with Gasteiger partial charge in [0.05, 0.1) is 57.7 Å². The first-order valence-corrected chi connectivity index (χ1v) is 10.6. The molecule has 3 aromatic rings. The van der Waals surface area contributed by atoms with Crippen LogP contribution in [0.5, 0.6) is 0 Å². The van der Waals surface area contributed by atoms with Crippen LogP contribution in [0.15, 0.2) is 36.7 Å². The van der Waals surface area contributed by atoms with Gasteiger partial charge in [-0.1, -0.05) is 0 Å². The Morgan fingerprint density at radius 3 is 2.79 bits per heavy atom. The number of pyridine rings is 1. The molecule has 0 aliphatic heterocycles. The number of nitriles is 1. The van der Waals surface area contributed by atoms with Crippen molar-refractivity contribution in [3.63, 3.8) is 0 Å². The number of hydrogen-bond donors (Lipinski definition) is 4. The second-order valence-electron chi connectivity index (χ2n) is 8.94. The molecule has 9 nitrogen and oxygen atoms in total. The van der Waals surface area contributed by atoms with E-state index in [4.69, 9.17) is 5.26 Å². The van der Waals surface area contributed by atoms with E-state index in [9.17, 15) is 19.4 Å². The van der Waals surface area contributed by atoms with E-state index in [1.807, 2.05) is 6.07 Å². The SMILES string of the molecule is CC(C)(O)C(F)CNC(=O)c1cnc(-c2ccc3cc(C#N)cnn23)cc1NCC1(O)CC1. The number of amides is 1. The largest absolute Gasteiger partial charge is 0.388 e. The molecule has 33 heavy (non-hydrogen) atoms. The highest BCUT2D eigenvalue weighted by atomic mass is 19.1. The minimum absolute atomic E-state index is 0.187. The Balaban J connectivity index is 1.64. The molecule has 0 saturated heterocycles. The summed E-state index contributed by atoms with van der Waals surface area (Å²) in [4.78, 5) is 17.2. The van der Waals surface area contributed by atoms with E-state index in [2.05, 4.69) is 26.8 Å². The zero-order valence-corrected chi connectivity index (χ0v) is 18.3.